The second kappa shape index (κ2) is 5.26. The standard InChI is InChI=1S/C13H16FNO4/c1-13(2,3)15(7-11(17)18)12(19)9-5-4-8(14)6-10(9)16/h4-6,16H,7H2,1-3H3,(H,17,18). The number of amides is 1. The number of hydrogen-bond donors (Lipinski definition) is 2. The third-order valence-electron chi connectivity index (χ3n) is 2.54. The fourth-order valence-corrected chi connectivity index (χ4v) is 1.58. The van der Waals surface area contributed by atoms with Crippen molar-refractivity contribution < 1.29 is 24.2 Å². The minimum atomic E-state index is -1.16. The van der Waals surface area contributed by atoms with Gasteiger partial charge in [-0.1, -0.05) is 0 Å². The van der Waals surface area contributed by atoms with E-state index in [0.29, 0.717) is 0 Å². The molecular weight excluding hydrogens is 253 g/mol. The van der Waals surface area contributed by atoms with Crippen molar-refractivity contribution in [2.45, 2.75) is 26.3 Å². The molecule has 1 rings (SSSR count). The number of carboxylic acids is 1. The van der Waals surface area contributed by atoms with Crippen molar-refractivity contribution in [2.24, 2.45) is 0 Å². The van der Waals surface area contributed by atoms with Gasteiger partial charge in [0.1, 0.15) is 18.1 Å². The van der Waals surface area contributed by atoms with Crippen LogP contribution in [0.15, 0.2) is 18.2 Å². The fraction of sp³-hybridized carbons (Fsp3) is 0.385. The zero-order valence-corrected chi connectivity index (χ0v) is 11.0. The summed E-state index contributed by atoms with van der Waals surface area (Å²) < 4.78 is 12.9. The van der Waals surface area contributed by atoms with Gasteiger partial charge in [0.15, 0.2) is 0 Å². The molecule has 0 bridgehead atoms. The molecule has 0 spiro atoms. The van der Waals surface area contributed by atoms with Crippen molar-refractivity contribution in [1.82, 2.24) is 4.90 Å². The second-order valence-electron chi connectivity index (χ2n) is 5.12. The quantitative estimate of drug-likeness (QED) is 0.878. The SMILES string of the molecule is CC(C)(C)N(CC(=O)O)C(=O)c1ccc(F)cc1O. The number of aromatic hydroxyl groups is 1. The number of phenolic OH excluding ortho intramolecular Hbond substituents is 1. The first kappa shape index (κ1) is 14.9. The van der Waals surface area contributed by atoms with E-state index in [1.54, 1.807) is 20.8 Å². The number of rotatable bonds is 3. The molecule has 0 heterocycles. The third-order valence-corrected chi connectivity index (χ3v) is 2.54. The van der Waals surface area contributed by atoms with Gasteiger partial charge < -0.3 is 15.1 Å². The highest BCUT2D eigenvalue weighted by Crippen LogP contribution is 2.23. The van der Waals surface area contributed by atoms with Gasteiger partial charge in [0.05, 0.1) is 5.56 Å². The summed E-state index contributed by atoms with van der Waals surface area (Å²) in [6.45, 7) is 4.52. The average Bonchev–Trinajstić information content (AvgIpc) is 2.23. The summed E-state index contributed by atoms with van der Waals surface area (Å²) in [4.78, 5) is 24.2. The first-order valence-corrected chi connectivity index (χ1v) is 5.65. The van der Waals surface area contributed by atoms with Crippen molar-refractivity contribution in [2.75, 3.05) is 6.54 Å². The molecule has 1 aromatic rings. The van der Waals surface area contributed by atoms with Gasteiger partial charge >= 0.3 is 5.97 Å². The lowest BCUT2D eigenvalue weighted by molar-refractivity contribution is -0.138. The molecule has 2 N–H and O–H groups in total. The number of phenols is 1. The van der Waals surface area contributed by atoms with Gasteiger partial charge in [-0.25, -0.2) is 4.39 Å². The molecule has 0 radical (unpaired) electrons. The van der Waals surface area contributed by atoms with E-state index in [0.717, 1.165) is 23.1 Å². The van der Waals surface area contributed by atoms with Crippen molar-refractivity contribution in [3.8, 4) is 5.75 Å². The van der Waals surface area contributed by atoms with Crippen molar-refractivity contribution in [3.05, 3.63) is 29.6 Å². The first-order chi connectivity index (χ1) is 8.62. The molecule has 0 aliphatic heterocycles. The maximum absolute atomic E-state index is 12.9. The molecule has 0 unspecified atom stereocenters. The second-order valence-corrected chi connectivity index (χ2v) is 5.12. The summed E-state index contributed by atoms with van der Waals surface area (Å²) in [6, 6.07) is 2.98. The molecule has 0 aliphatic carbocycles. The first-order valence-electron chi connectivity index (χ1n) is 5.65. The topological polar surface area (TPSA) is 77.8 Å². The zero-order chi connectivity index (χ0) is 14.8. The molecule has 1 aromatic carbocycles. The fourth-order valence-electron chi connectivity index (χ4n) is 1.58. The predicted octanol–water partition coefficient (Wildman–Crippen LogP) is 1.86. The van der Waals surface area contributed by atoms with Crippen LogP contribution in [-0.4, -0.2) is 39.1 Å². The van der Waals surface area contributed by atoms with E-state index < -0.39 is 35.5 Å². The van der Waals surface area contributed by atoms with Gasteiger partial charge in [0.25, 0.3) is 5.91 Å². The smallest absolute Gasteiger partial charge is 0.323 e. The number of carboxylic acid groups (broad SMARTS) is 1. The van der Waals surface area contributed by atoms with Crippen molar-refractivity contribution in [3.63, 3.8) is 0 Å². The Balaban J connectivity index is 3.16. The van der Waals surface area contributed by atoms with Crippen LogP contribution in [0.4, 0.5) is 4.39 Å². The molecule has 0 atom stereocenters. The highest BCUT2D eigenvalue weighted by molar-refractivity contribution is 5.98. The monoisotopic (exact) mass is 269 g/mol. The van der Waals surface area contributed by atoms with E-state index >= 15 is 0 Å². The van der Waals surface area contributed by atoms with Gasteiger partial charge in [0, 0.05) is 11.6 Å². The minimum Gasteiger partial charge on any atom is -0.507 e. The van der Waals surface area contributed by atoms with Crippen LogP contribution < -0.4 is 0 Å². The number of aliphatic carboxylic acids is 1. The normalized spacial score (nSPS) is 11.2. The average molecular weight is 269 g/mol. The zero-order valence-electron chi connectivity index (χ0n) is 11.0. The minimum absolute atomic E-state index is 0.127. The summed E-state index contributed by atoms with van der Waals surface area (Å²) >= 11 is 0. The summed E-state index contributed by atoms with van der Waals surface area (Å²) in [5.41, 5.74) is -0.867. The lowest BCUT2D eigenvalue weighted by Crippen LogP contribution is -2.48. The molecular formula is C13H16FNO4. The van der Waals surface area contributed by atoms with Gasteiger partial charge in [-0.05, 0) is 32.9 Å². The Labute approximate surface area is 110 Å². The summed E-state index contributed by atoms with van der Waals surface area (Å²) in [7, 11) is 0. The van der Waals surface area contributed by atoms with Gasteiger partial charge in [0.2, 0.25) is 0 Å². The molecule has 19 heavy (non-hydrogen) atoms. The number of hydrogen-bond acceptors (Lipinski definition) is 3. The molecule has 5 nitrogen and oxygen atoms in total. The highest BCUT2D eigenvalue weighted by atomic mass is 19.1. The lowest BCUT2D eigenvalue weighted by Gasteiger charge is -2.34. The van der Waals surface area contributed by atoms with E-state index in [2.05, 4.69) is 0 Å². The van der Waals surface area contributed by atoms with Gasteiger partial charge in [-0.3, -0.25) is 9.59 Å². The van der Waals surface area contributed by atoms with Gasteiger partial charge in [-0.2, -0.15) is 0 Å². The molecule has 0 aliphatic rings. The molecule has 104 valence electrons. The lowest BCUT2D eigenvalue weighted by atomic mass is 10.0. The Kier molecular flexibility index (Phi) is 4.14. The van der Waals surface area contributed by atoms with Crippen LogP contribution in [0.2, 0.25) is 0 Å². The molecule has 0 saturated heterocycles. The molecule has 6 heteroatoms. The molecule has 1 amide bonds. The Bertz CT molecular complexity index is 508. The Hall–Kier alpha value is -2.11. The Morgan fingerprint density at radius 3 is 2.32 bits per heavy atom. The van der Waals surface area contributed by atoms with E-state index in [-0.39, 0.29) is 5.56 Å². The van der Waals surface area contributed by atoms with Crippen LogP contribution in [0.3, 0.4) is 0 Å². The molecule has 0 aromatic heterocycles. The van der Waals surface area contributed by atoms with Crippen molar-refractivity contribution >= 4 is 11.9 Å². The largest absolute Gasteiger partial charge is 0.507 e. The Morgan fingerprint density at radius 2 is 1.89 bits per heavy atom. The third kappa shape index (κ3) is 3.67. The number of benzene rings is 1. The number of halogens is 1. The van der Waals surface area contributed by atoms with Crippen LogP contribution >= 0.6 is 0 Å². The van der Waals surface area contributed by atoms with Crippen LogP contribution in [0.1, 0.15) is 31.1 Å². The molecule has 0 fully saturated rings. The van der Waals surface area contributed by atoms with Crippen LogP contribution in [0.25, 0.3) is 0 Å². The maximum Gasteiger partial charge on any atom is 0.323 e. The number of carbonyl (C=O) groups is 2. The summed E-state index contributed by atoms with van der Waals surface area (Å²) in [5, 5.41) is 18.4. The Morgan fingerprint density at radius 1 is 1.32 bits per heavy atom. The van der Waals surface area contributed by atoms with Crippen LogP contribution in [0.5, 0.6) is 5.75 Å². The van der Waals surface area contributed by atoms with E-state index in [4.69, 9.17) is 5.11 Å². The van der Waals surface area contributed by atoms with Gasteiger partial charge in [-0.15, -0.1) is 0 Å². The van der Waals surface area contributed by atoms with Crippen molar-refractivity contribution in [1.29, 1.82) is 0 Å². The van der Waals surface area contributed by atoms with E-state index in [9.17, 15) is 19.1 Å². The molecule has 0 saturated carbocycles. The maximum atomic E-state index is 12.9. The summed E-state index contributed by atoms with van der Waals surface area (Å²) in [5.74, 6) is -3.00. The van der Waals surface area contributed by atoms with E-state index in [1.807, 2.05) is 0 Å². The summed E-state index contributed by atoms with van der Waals surface area (Å²) in [6.07, 6.45) is 0. The van der Waals surface area contributed by atoms with Crippen LogP contribution in [-0.2, 0) is 4.79 Å². The number of carbonyl (C=O) groups excluding carboxylic acids is 1. The van der Waals surface area contributed by atoms with E-state index in [1.165, 1.54) is 0 Å². The predicted molar refractivity (Wildman–Crippen MR) is 66.5 cm³/mol. The highest BCUT2D eigenvalue weighted by Gasteiger charge is 2.30. The number of nitrogens with zero attached hydrogens (tertiary/aromatic N) is 1. The van der Waals surface area contributed by atoms with Crippen LogP contribution in [0, 0.1) is 5.82 Å².